The normalized spacial score (nSPS) is 15.3. The zero-order valence-corrected chi connectivity index (χ0v) is 20.9. The predicted octanol–water partition coefficient (Wildman–Crippen LogP) is 4.45. The van der Waals surface area contributed by atoms with Gasteiger partial charge in [0.15, 0.2) is 5.69 Å². The molecule has 9 nitrogen and oxygen atoms in total. The zero-order chi connectivity index (χ0) is 25.4. The van der Waals surface area contributed by atoms with Crippen LogP contribution < -0.4 is 10.1 Å². The van der Waals surface area contributed by atoms with E-state index < -0.39 is 17.7 Å². The van der Waals surface area contributed by atoms with Gasteiger partial charge in [-0.05, 0) is 70.5 Å². The fourth-order valence-electron chi connectivity index (χ4n) is 3.37. The zero-order valence-electron chi connectivity index (χ0n) is 20.9. The largest absolute Gasteiger partial charge is 0.492 e. The molecular weight excluding hydrogens is 450 g/mol. The van der Waals surface area contributed by atoms with Crippen molar-refractivity contribution in [2.24, 2.45) is 0 Å². The van der Waals surface area contributed by atoms with E-state index in [1.54, 1.807) is 24.8 Å². The molecule has 0 saturated heterocycles. The summed E-state index contributed by atoms with van der Waals surface area (Å²) in [6.45, 7) is 8.07. The van der Waals surface area contributed by atoms with Crippen molar-refractivity contribution in [3.8, 4) is 17.0 Å². The molecule has 1 aromatic carbocycles. The summed E-state index contributed by atoms with van der Waals surface area (Å²) in [7, 11) is 1.67. The summed E-state index contributed by atoms with van der Waals surface area (Å²) in [4.78, 5) is 24.0. The fraction of sp³-hybridized carbons (Fsp3) is 0.423. The lowest BCUT2D eigenvalue weighted by Gasteiger charge is -2.19. The molecule has 0 radical (unpaired) electrons. The first-order valence-electron chi connectivity index (χ1n) is 11.6. The van der Waals surface area contributed by atoms with Crippen LogP contribution in [-0.2, 0) is 14.2 Å². The van der Waals surface area contributed by atoms with E-state index in [1.807, 2.05) is 63.3 Å². The second-order valence-electron chi connectivity index (χ2n) is 8.85. The van der Waals surface area contributed by atoms with Crippen molar-refractivity contribution in [1.29, 1.82) is 0 Å². The van der Waals surface area contributed by atoms with Gasteiger partial charge in [-0.15, -0.1) is 0 Å². The summed E-state index contributed by atoms with van der Waals surface area (Å²) < 4.78 is 23.2. The Bertz CT molecular complexity index is 1080. The smallest absolute Gasteiger partial charge is 0.407 e. The van der Waals surface area contributed by atoms with E-state index in [4.69, 9.17) is 18.9 Å². The molecule has 1 aliphatic rings. The number of benzene rings is 1. The number of hydrogen-bond donors (Lipinski definition) is 1. The van der Waals surface area contributed by atoms with Gasteiger partial charge in [-0.3, -0.25) is 0 Å². The molecule has 0 saturated carbocycles. The molecule has 1 aliphatic carbocycles. The molecule has 0 spiro atoms. The molecule has 2 aromatic rings. The number of alkyl carbamates (subject to hydrolysis) is 1. The van der Waals surface area contributed by atoms with E-state index in [2.05, 4.69) is 10.4 Å². The highest BCUT2D eigenvalue weighted by Crippen LogP contribution is 2.28. The van der Waals surface area contributed by atoms with Crippen molar-refractivity contribution in [2.75, 3.05) is 26.9 Å². The topological polar surface area (TPSA) is 101 Å². The van der Waals surface area contributed by atoms with Gasteiger partial charge in [-0.2, -0.15) is 5.10 Å². The van der Waals surface area contributed by atoms with Crippen LogP contribution in [0.2, 0.25) is 0 Å². The van der Waals surface area contributed by atoms with E-state index in [9.17, 15) is 9.59 Å². The van der Waals surface area contributed by atoms with Crippen molar-refractivity contribution < 1.29 is 28.5 Å². The summed E-state index contributed by atoms with van der Waals surface area (Å²) in [6, 6.07) is 9.16. The summed E-state index contributed by atoms with van der Waals surface area (Å²) in [5.41, 5.74) is 2.14. The van der Waals surface area contributed by atoms with Crippen molar-refractivity contribution in [3.05, 3.63) is 54.3 Å². The number of nitrogens with zero attached hydrogens (tertiary/aromatic N) is 2. The third-order valence-electron chi connectivity index (χ3n) is 4.97. The first kappa shape index (κ1) is 26.0. The summed E-state index contributed by atoms with van der Waals surface area (Å²) in [6.07, 6.45) is 6.16. The molecular formula is C26H33N3O6. The van der Waals surface area contributed by atoms with Gasteiger partial charge in [0.1, 0.15) is 18.0 Å². The summed E-state index contributed by atoms with van der Waals surface area (Å²) >= 11 is 0. The minimum absolute atomic E-state index is 0.0172. The number of esters is 1. The minimum atomic E-state index is -0.546. The Kier molecular flexibility index (Phi) is 8.70. The van der Waals surface area contributed by atoms with E-state index in [1.165, 1.54) is 0 Å². The van der Waals surface area contributed by atoms with Crippen LogP contribution in [0.1, 0.15) is 44.6 Å². The molecule has 3 rings (SSSR count). The second kappa shape index (κ2) is 11.7. The highest BCUT2D eigenvalue weighted by atomic mass is 16.6. The molecule has 1 atom stereocenters. The average Bonchev–Trinajstić information content (AvgIpc) is 3.27. The maximum absolute atomic E-state index is 12.3. The van der Waals surface area contributed by atoms with Crippen LogP contribution in [0.3, 0.4) is 0 Å². The third-order valence-corrected chi connectivity index (χ3v) is 4.97. The SMILES string of the molecule is CCOC(=O)c1cc(-c2ccc(OCCNC(=O)OC(C)(C)C)cc2)n(C2=CCC(OC)C=C2)n1. The highest BCUT2D eigenvalue weighted by Gasteiger charge is 2.20. The molecule has 0 fully saturated rings. The molecule has 1 unspecified atom stereocenters. The van der Waals surface area contributed by atoms with Crippen molar-refractivity contribution >= 4 is 17.8 Å². The number of rotatable bonds is 9. The van der Waals surface area contributed by atoms with Crippen molar-refractivity contribution in [3.63, 3.8) is 0 Å². The molecule has 0 aliphatic heterocycles. The van der Waals surface area contributed by atoms with Crippen molar-refractivity contribution in [2.45, 2.75) is 45.8 Å². The van der Waals surface area contributed by atoms with Gasteiger partial charge < -0.3 is 24.3 Å². The van der Waals surface area contributed by atoms with Crippen LogP contribution in [0.15, 0.2) is 48.6 Å². The number of methoxy groups -OCH3 is 1. The minimum Gasteiger partial charge on any atom is -0.492 e. The van der Waals surface area contributed by atoms with Gasteiger partial charge in [0.2, 0.25) is 0 Å². The molecule has 1 aromatic heterocycles. The first-order valence-corrected chi connectivity index (χ1v) is 11.6. The van der Waals surface area contributed by atoms with Gasteiger partial charge in [0.05, 0.1) is 30.6 Å². The molecule has 1 amide bonds. The lowest BCUT2D eigenvalue weighted by atomic mass is 10.1. The van der Waals surface area contributed by atoms with Gasteiger partial charge in [0.25, 0.3) is 0 Å². The fourth-order valence-corrected chi connectivity index (χ4v) is 3.37. The van der Waals surface area contributed by atoms with Crippen LogP contribution in [0, 0.1) is 0 Å². The number of carbonyl (C=O) groups excluding carboxylic acids is 2. The second-order valence-corrected chi connectivity index (χ2v) is 8.85. The Balaban J connectivity index is 1.70. The molecule has 1 N–H and O–H groups in total. The maximum Gasteiger partial charge on any atom is 0.407 e. The summed E-state index contributed by atoms with van der Waals surface area (Å²) in [5.74, 6) is 0.177. The number of aromatic nitrogens is 2. The molecule has 1 heterocycles. The Morgan fingerprint density at radius 2 is 1.94 bits per heavy atom. The Morgan fingerprint density at radius 3 is 2.54 bits per heavy atom. The van der Waals surface area contributed by atoms with Crippen LogP contribution in [0.4, 0.5) is 4.79 Å². The maximum atomic E-state index is 12.3. The van der Waals surface area contributed by atoms with E-state index in [0.29, 0.717) is 25.3 Å². The molecule has 0 bridgehead atoms. The van der Waals surface area contributed by atoms with Gasteiger partial charge in [0, 0.05) is 12.7 Å². The number of ether oxygens (including phenoxy) is 4. The van der Waals surface area contributed by atoms with Gasteiger partial charge >= 0.3 is 12.1 Å². The quantitative estimate of drug-likeness (QED) is 0.415. The van der Waals surface area contributed by atoms with Crippen molar-refractivity contribution in [1.82, 2.24) is 15.1 Å². The van der Waals surface area contributed by atoms with Crippen LogP contribution in [0.5, 0.6) is 5.75 Å². The van der Waals surface area contributed by atoms with E-state index in [0.717, 1.165) is 17.0 Å². The first-order chi connectivity index (χ1) is 16.7. The lowest BCUT2D eigenvalue weighted by Crippen LogP contribution is -2.34. The number of nitrogens with one attached hydrogen (secondary N) is 1. The Morgan fingerprint density at radius 1 is 1.20 bits per heavy atom. The van der Waals surface area contributed by atoms with Crippen LogP contribution >= 0.6 is 0 Å². The highest BCUT2D eigenvalue weighted by molar-refractivity contribution is 5.89. The number of carbonyl (C=O) groups is 2. The molecule has 188 valence electrons. The van der Waals surface area contributed by atoms with E-state index >= 15 is 0 Å². The predicted molar refractivity (Wildman–Crippen MR) is 132 cm³/mol. The monoisotopic (exact) mass is 483 g/mol. The number of allylic oxidation sites excluding steroid dienone is 2. The Labute approximate surface area is 205 Å². The van der Waals surface area contributed by atoms with Crippen LogP contribution in [-0.4, -0.2) is 60.4 Å². The summed E-state index contributed by atoms with van der Waals surface area (Å²) in [5, 5.41) is 7.16. The standard InChI is InChI=1S/C26H33N3O6/c1-6-33-24(30)22-17-23(29(28-22)19-9-13-20(32-5)14-10-19)18-7-11-21(12-8-18)34-16-15-27-25(31)35-26(2,3)4/h7-13,17,20H,6,14-16H2,1-5H3,(H,27,31). The van der Waals surface area contributed by atoms with Crippen LogP contribution in [0.25, 0.3) is 17.0 Å². The number of hydrogen-bond acceptors (Lipinski definition) is 7. The van der Waals surface area contributed by atoms with Gasteiger partial charge in [-0.25, -0.2) is 14.3 Å². The van der Waals surface area contributed by atoms with E-state index in [-0.39, 0.29) is 18.4 Å². The number of amides is 1. The average molecular weight is 484 g/mol. The Hall–Kier alpha value is -3.59. The lowest BCUT2D eigenvalue weighted by molar-refractivity contribution is 0.0509. The molecule has 9 heteroatoms. The molecule has 35 heavy (non-hydrogen) atoms. The third kappa shape index (κ3) is 7.45. The van der Waals surface area contributed by atoms with Gasteiger partial charge in [-0.1, -0.05) is 12.2 Å².